The van der Waals surface area contributed by atoms with Gasteiger partial charge in [0, 0.05) is 48.5 Å². The molecule has 1 radical (unpaired) electrons. The Morgan fingerprint density at radius 1 is 0.616 bits per heavy atom. The maximum absolute atomic E-state index is 13.8. The molecule has 0 aliphatic rings. The van der Waals surface area contributed by atoms with E-state index in [0.717, 1.165) is 36.6 Å². The molecule has 6 aromatic carbocycles. The molecule has 0 aliphatic heterocycles. The van der Waals surface area contributed by atoms with Crippen LogP contribution in [0.15, 0.2) is 167 Å². The molecule has 73 heavy (non-hydrogen) atoms. The standard InChI is InChI=1S/C26H17ClFN3O3.C21H14ClFIN3O.C5H4BO4.ClH/c27-21-12-18(6-9-25(21)33-14-17-3-1-2-4-22(17)28)31-26-20-11-16(5-8-23(20)29-15-30-26)24-10-7-19(13-32)34-24;22-17-10-15(6-8-20(17)28-11-13-3-1-2-4-18(13)23)27-21-16-9-14(24)5-7-19(16)25-12-26-21;7-3-4-1-2-5(9-4)10-6-8;/h1-13,15H,14H2,(H,29,30,31);1-10,12H,11H2,(H,25,26,27);1-3,8H;1H. The second kappa shape index (κ2) is 25.7. The summed E-state index contributed by atoms with van der Waals surface area (Å²) in [7, 11) is 0.480. The molecular weight excluding hydrogens is 1120 g/mol. The number of benzene rings is 6. The van der Waals surface area contributed by atoms with Gasteiger partial charge in [0.05, 0.1) is 21.1 Å². The summed E-state index contributed by atoms with van der Waals surface area (Å²) in [6, 6.07) is 41.3. The average molecular weight is 1150 g/mol. The lowest BCUT2D eigenvalue weighted by atomic mass is 10.1. The van der Waals surface area contributed by atoms with Crippen molar-refractivity contribution >= 4 is 123 Å². The smallest absolute Gasteiger partial charge is 0.510 e. The number of carbonyl (C=O) groups is 2. The minimum absolute atomic E-state index is 0. The number of carbonyl (C=O) groups excluding carboxylic acids is 2. The van der Waals surface area contributed by atoms with Crippen LogP contribution in [0, 0.1) is 15.2 Å². The summed E-state index contributed by atoms with van der Waals surface area (Å²) in [6.45, 7) is 0.172. The summed E-state index contributed by atoms with van der Waals surface area (Å²) in [5, 5.41) is 17.1. The van der Waals surface area contributed by atoms with E-state index in [0.29, 0.717) is 76.0 Å². The second-order valence-electron chi connectivity index (χ2n) is 15.0. The van der Waals surface area contributed by atoms with Crippen LogP contribution < -0.4 is 24.8 Å². The van der Waals surface area contributed by atoms with Crippen molar-refractivity contribution in [1.82, 2.24) is 19.9 Å². The van der Waals surface area contributed by atoms with Gasteiger partial charge >= 0.3 is 7.69 Å². The number of halogens is 6. The van der Waals surface area contributed by atoms with Gasteiger partial charge in [-0.3, -0.25) is 9.59 Å². The van der Waals surface area contributed by atoms with E-state index in [1.807, 2.05) is 42.5 Å². The minimum Gasteiger partial charge on any atom is -0.510 e. The molecule has 4 aromatic heterocycles. The van der Waals surface area contributed by atoms with Crippen LogP contribution in [-0.4, -0.2) is 45.2 Å². The summed E-state index contributed by atoms with van der Waals surface area (Å²) in [5.41, 5.74) is 4.75. The van der Waals surface area contributed by atoms with Crippen molar-refractivity contribution < 1.29 is 46.4 Å². The van der Waals surface area contributed by atoms with Gasteiger partial charge in [-0.25, -0.2) is 28.7 Å². The molecule has 367 valence electrons. The molecule has 14 nitrogen and oxygen atoms in total. The van der Waals surface area contributed by atoms with Crippen molar-refractivity contribution in [1.29, 1.82) is 0 Å². The quantitative estimate of drug-likeness (QED) is 0.0500. The van der Waals surface area contributed by atoms with Crippen molar-refractivity contribution in [2.75, 3.05) is 10.6 Å². The van der Waals surface area contributed by atoms with Crippen molar-refractivity contribution in [2.45, 2.75) is 13.2 Å². The normalized spacial score (nSPS) is 10.4. The first-order valence-corrected chi connectivity index (χ1v) is 23.1. The van der Waals surface area contributed by atoms with Gasteiger partial charge in [-0.2, -0.15) is 0 Å². The van der Waals surface area contributed by atoms with Crippen molar-refractivity contribution in [3.63, 3.8) is 0 Å². The van der Waals surface area contributed by atoms with Crippen molar-refractivity contribution in [2.24, 2.45) is 0 Å². The zero-order chi connectivity index (χ0) is 50.4. The van der Waals surface area contributed by atoms with E-state index in [1.54, 1.807) is 78.9 Å². The maximum Gasteiger partial charge on any atom is 0.571 e. The molecule has 0 aliphatic carbocycles. The topological polar surface area (TPSA) is 184 Å². The van der Waals surface area contributed by atoms with Crippen LogP contribution in [0.3, 0.4) is 0 Å². The van der Waals surface area contributed by atoms with Gasteiger partial charge in [-0.05, 0) is 126 Å². The van der Waals surface area contributed by atoms with E-state index in [-0.39, 0.29) is 54.7 Å². The SMILES string of the molecule is Cl.Fc1ccccc1COc1ccc(Nc2ncnc3ccc(I)cc23)cc1Cl.O=Cc1ccc(-c2ccc3ncnc(Nc4ccc(OCc5ccccc5F)c(Cl)c4)c3c2)o1.O=Cc1ccc(O[B]O)o1. The van der Waals surface area contributed by atoms with Crippen LogP contribution in [0.5, 0.6) is 17.4 Å². The average Bonchev–Trinajstić information content (AvgIpc) is 4.08. The molecule has 0 spiro atoms. The van der Waals surface area contributed by atoms with Crippen molar-refractivity contribution in [3.05, 3.63) is 206 Å². The van der Waals surface area contributed by atoms with Gasteiger partial charge in [0.1, 0.15) is 66.4 Å². The van der Waals surface area contributed by atoms with E-state index in [2.05, 4.69) is 57.8 Å². The van der Waals surface area contributed by atoms with Gasteiger partial charge in [-0.15, -0.1) is 12.4 Å². The maximum atomic E-state index is 13.8. The highest BCUT2D eigenvalue weighted by Gasteiger charge is 2.13. The molecule has 0 atom stereocenters. The first-order valence-electron chi connectivity index (χ1n) is 21.3. The number of ether oxygens (including phenoxy) is 2. The molecule has 0 amide bonds. The van der Waals surface area contributed by atoms with Gasteiger partial charge in [0.25, 0.3) is 5.95 Å². The Kier molecular flexibility index (Phi) is 18.7. The highest BCUT2D eigenvalue weighted by atomic mass is 127. The Bertz CT molecular complexity index is 3520. The summed E-state index contributed by atoms with van der Waals surface area (Å²) >= 11 is 15.0. The molecule has 0 bridgehead atoms. The Morgan fingerprint density at radius 2 is 1.14 bits per heavy atom. The molecule has 4 heterocycles. The molecule has 0 saturated carbocycles. The fraction of sp³-hybridized carbons (Fsp3) is 0.0385. The number of furan rings is 2. The lowest BCUT2D eigenvalue weighted by Gasteiger charge is -2.12. The summed E-state index contributed by atoms with van der Waals surface area (Å²) in [6.07, 6.45) is 4.19. The molecule has 0 fully saturated rings. The molecule has 0 saturated heterocycles. The number of nitrogens with one attached hydrogen (secondary N) is 2. The largest absolute Gasteiger partial charge is 0.571 e. The molecule has 10 rings (SSSR count). The van der Waals surface area contributed by atoms with E-state index in [1.165, 1.54) is 36.9 Å². The Labute approximate surface area is 445 Å². The fourth-order valence-corrected chi connectivity index (χ4v) is 7.69. The number of aldehydes is 2. The monoisotopic (exact) mass is 1150 g/mol. The predicted molar refractivity (Wildman–Crippen MR) is 286 cm³/mol. The summed E-state index contributed by atoms with van der Waals surface area (Å²) in [4.78, 5) is 38.3. The van der Waals surface area contributed by atoms with Crippen LogP contribution in [0.1, 0.15) is 32.2 Å². The summed E-state index contributed by atoms with van der Waals surface area (Å²) < 4.78 is 54.6. The third kappa shape index (κ3) is 14.1. The van der Waals surface area contributed by atoms with Crippen molar-refractivity contribution in [3.8, 4) is 28.8 Å². The van der Waals surface area contributed by atoms with E-state index < -0.39 is 0 Å². The minimum atomic E-state index is -0.330. The number of fused-ring (bicyclic) bond motifs is 2. The fourth-order valence-electron chi connectivity index (χ4n) is 6.73. The number of anilines is 4. The van der Waals surface area contributed by atoms with Gasteiger partial charge in [0.15, 0.2) is 24.1 Å². The van der Waals surface area contributed by atoms with Crippen LogP contribution in [0.25, 0.3) is 33.1 Å². The zero-order valence-corrected chi connectivity index (χ0v) is 42.0. The number of aromatic nitrogens is 4. The number of nitrogens with zero attached hydrogens (tertiary/aromatic N) is 4. The lowest BCUT2D eigenvalue weighted by Crippen LogP contribution is -2.00. The molecular formula is C52H36BCl3F2IN6O8. The van der Waals surface area contributed by atoms with E-state index in [9.17, 15) is 18.4 Å². The third-order valence-electron chi connectivity index (χ3n) is 10.2. The van der Waals surface area contributed by atoms with Gasteiger partial charge in [0.2, 0.25) is 0 Å². The van der Waals surface area contributed by atoms with Gasteiger partial charge in [-0.1, -0.05) is 59.6 Å². The Balaban J connectivity index is 0.000000180. The van der Waals surface area contributed by atoms with Crippen LogP contribution in [0.2, 0.25) is 10.0 Å². The number of rotatable bonds is 15. The highest BCUT2D eigenvalue weighted by molar-refractivity contribution is 14.1. The molecule has 21 heteroatoms. The Hall–Kier alpha value is -7.62. The van der Waals surface area contributed by atoms with Gasteiger partial charge < -0.3 is 38.6 Å². The lowest BCUT2D eigenvalue weighted by molar-refractivity contribution is 0.109. The van der Waals surface area contributed by atoms with Crippen LogP contribution in [0.4, 0.5) is 31.8 Å². The number of hydrogen-bond acceptors (Lipinski definition) is 14. The molecule has 0 unspecified atom stereocenters. The zero-order valence-electron chi connectivity index (χ0n) is 37.5. The Morgan fingerprint density at radius 3 is 1.64 bits per heavy atom. The van der Waals surface area contributed by atoms with Crippen LogP contribution >= 0.6 is 58.2 Å². The molecule has 10 aromatic rings. The molecule has 3 N–H and O–H groups in total. The van der Waals surface area contributed by atoms with Crippen LogP contribution in [-0.2, 0) is 13.2 Å². The first-order chi connectivity index (χ1) is 35.1. The van der Waals surface area contributed by atoms with E-state index in [4.69, 9.17) is 46.5 Å². The first kappa shape index (κ1) is 53.2. The summed E-state index contributed by atoms with van der Waals surface area (Å²) in [5.74, 6) is 2.63. The number of hydrogen-bond donors (Lipinski definition) is 3. The predicted octanol–water partition coefficient (Wildman–Crippen LogP) is 13.6. The highest BCUT2D eigenvalue weighted by Crippen LogP contribution is 2.34. The second-order valence-corrected chi connectivity index (χ2v) is 17.0. The third-order valence-corrected chi connectivity index (χ3v) is 11.5. The van der Waals surface area contributed by atoms with E-state index >= 15 is 0 Å².